The minimum atomic E-state index is 0.468. The molecule has 2 fully saturated rings. The fourth-order valence-corrected chi connectivity index (χ4v) is 2.68. The van der Waals surface area contributed by atoms with Crippen molar-refractivity contribution in [1.82, 2.24) is 5.01 Å². The van der Waals surface area contributed by atoms with Crippen LogP contribution in [-0.4, -0.2) is 24.1 Å². The van der Waals surface area contributed by atoms with Crippen molar-refractivity contribution in [3.05, 3.63) is 0 Å². The second-order valence-electron chi connectivity index (χ2n) is 4.38. The van der Waals surface area contributed by atoms with Gasteiger partial charge in [0.2, 0.25) is 0 Å². The van der Waals surface area contributed by atoms with E-state index in [0.29, 0.717) is 6.04 Å². The molecule has 1 saturated carbocycles. The molecule has 0 spiro atoms. The minimum Gasteiger partial charge on any atom is -0.328 e. The zero-order valence-corrected chi connectivity index (χ0v) is 7.58. The molecule has 3 nitrogen and oxygen atoms in total. The molecule has 3 unspecified atom stereocenters. The Kier molecular flexibility index (Phi) is 2.35. The highest BCUT2D eigenvalue weighted by atomic mass is 15.4. The van der Waals surface area contributed by atoms with Crippen molar-refractivity contribution in [2.24, 2.45) is 23.4 Å². The molecule has 0 amide bonds. The number of hydrazine groups is 1. The van der Waals surface area contributed by atoms with Crippen LogP contribution in [0.5, 0.6) is 0 Å². The minimum absolute atomic E-state index is 0.468. The van der Waals surface area contributed by atoms with E-state index in [0.717, 1.165) is 24.9 Å². The zero-order chi connectivity index (χ0) is 8.55. The van der Waals surface area contributed by atoms with Gasteiger partial charge < -0.3 is 5.73 Å². The molecule has 1 aliphatic heterocycles. The smallest absolute Gasteiger partial charge is 0.0159 e. The maximum absolute atomic E-state index is 5.93. The highest BCUT2D eigenvalue weighted by Gasteiger charge is 2.32. The van der Waals surface area contributed by atoms with Crippen LogP contribution < -0.4 is 11.6 Å². The summed E-state index contributed by atoms with van der Waals surface area (Å²) in [5.41, 5.74) is 5.93. The van der Waals surface area contributed by atoms with Crippen LogP contribution in [0.2, 0.25) is 0 Å². The molecule has 1 heterocycles. The lowest BCUT2D eigenvalue weighted by atomic mass is 9.74. The van der Waals surface area contributed by atoms with Crippen LogP contribution in [0.3, 0.4) is 0 Å². The predicted octanol–water partition coefficient (Wildman–Crippen LogP) is 0.309. The summed E-state index contributed by atoms with van der Waals surface area (Å²) in [6.45, 7) is 2.16. The van der Waals surface area contributed by atoms with Crippen LogP contribution in [-0.2, 0) is 0 Å². The summed E-state index contributed by atoms with van der Waals surface area (Å²) in [5, 5.41) is 1.97. The molecule has 1 saturated heterocycles. The van der Waals surface area contributed by atoms with E-state index in [-0.39, 0.29) is 0 Å². The van der Waals surface area contributed by atoms with Crippen LogP contribution in [0, 0.1) is 11.8 Å². The lowest BCUT2D eigenvalue weighted by Crippen LogP contribution is -2.48. The first-order chi connectivity index (χ1) is 5.75. The second kappa shape index (κ2) is 3.32. The first kappa shape index (κ1) is 8.48. The number of hydrogen-bond donors (Lipinski definition) is 2. The van der Waals surface area contributed by atoms with E-state index in [2.05, 4.69) is 0 Å². The Balaban J connectivity index is 1.94. The van der Waals surface area contributed by atoms with E-state index in [1.807, 2.05) is 5.01 Å². The van der Waals surface area contributed by atoms with Gasteiger partial charge in [-0.15, -0.1) is 0 Å². The van der Waals surface area contributed by atoms with Crippen molar-refractivity contribution in [3.8, 4) is 0 Å². The number of nitrogens with two attached hydrogens (primary N) is 2. The molecule has 1 aliphatic carbocycles. The summed E-state index contributed by atoms with van der Waals surface area (Å²) in [6, 6.07) is 0.468. The molecular weight excluding hydrogens is 150 g/mol. The van der Waals surface area contributed by atoms with Crippen molar-refractivity contribution in [3.63, 3.8) is 0 Å². The number of rotatable bonds is 0. The lowest BCUT2D eigenvalue weighted by Gasteiger charge is -2.41. The monoisotopic (exact) mass is 169 g/mol. The topological polar surface area (TPSA) is 55.3 Å². The van der Waals surface area contributed by atoms with Gasteiger partial charge >= 0.3 is 0 Å². The maximum atomic E-state index is 5.93. The summed E-state index contributed by atoms with van der Waals surface area (Å²) in [6.07, 6.45) is 4.99. The van der Waals surface area contributed by atoms with Gasteiger partial charge in [0.15, 0.2) is 0 Å². The Morgan fingerprint density at radius 2 is 1.92 bits per heavy atom. The highest BCUT2D eigenvalue weighted by Crippen LogP contribution is 2.34. The van der Waals surface area contributed by atoms with E-state index < -0.39 is 0 Å². The highest BCUT2D eigenvalue weighted by molar-refractivity contribution is 4.86. The number of nitrogens with zero attached hydrogens (tertiary/aromatic N) is 1. The molecule has 4 N–H and O–H groups in total. The van der Waals surface area contributed by atoms with Crippen LogP contribution in [0.1, 0.15) is 25.7 Å². The molecule has 0 bridgehead atoms. The molecular formula is C9H19N3. The Morgan fingerprint density at radius 3 is 2.75 bits per heavy atom. The largest absolute Gasteiger partial charge is 0.328 e. The average Bonchev–Trinajstić information content (AvgIpc) is 2.05. The van der Waals surface area contributed by atoms with Gasteiger partial charge in [-0.3, -0.25) is 5.84 Å². The summed E-state index contributed by atoms with van der Waals surface area (Å²) >= 11 is 0. The number of hydrogen-bond acceptors (Lipinski definition) is 3. The van der Waals surface area contributed by atoms with Gasteiger partial charge in [0.05, 0.1) is 0 Å². The standard InChI is InChI=1S/C9H19N3/c10-9-2-1-8-6-12(11)4-3-7(8)5-9/h7-9H,1-6,10-11H2. The molecule has 2 rings (SSSR count). The van der Waals surface area contributed by atoms with E-state index >= 15 is 0 Å². The van der Waals surface area contributed by atoms with Crippen molar-refractivity contribution in [1.29, 1.82) is 0 Å². The molecule has 0 aromatic carbocycles. The van der Waals surface area contributed by atoms with E-state index in [1.54, 1.807) is 0 Å². The molecule has 12 heavy (non-hydrogen) atoms. The number of piperidine rings is 1. The first-order valence-electron chi connectivity index (χ1n) is 5.01. The van der Waals surface area contributed by atoms with Crippen molar-refractivity contribution < 1.29 is 0 Å². The van der Waals surface area contributed by atoms with Gasteiger partial charge in [0.25, 0.3) is 0 Å². The predicted molar refractivity (Wildman–Crippen MR) is 49.2 cm³/mol. The van der Waals surface area contributed by atoms with Crippen LogP contribution in [0.25, 0.3) is 0 Å². The van der Waals surface area contributed by atoms with Crippen LogP contribution >= 0.6 is 0 Å². The molecule has 3 atom stereocenters. The van der Waals surface area contributed by atoms with Gasteiger partial charge in [-0.05, 0) is 37.5 Å². The molecule has 2 aliphatic rings. The van der Waals surface area contributed by atoms with Gasteiger partial charge in [-0.25, -0.2) is 5.01 Å². The summed E-state index contributed by atoms with van der Waals surface area (Å²) in [4.78, 5) is 0. The summed E-state index contributed by atoms with van der Waals surface area (Å²) in [7, 11) is 0. The SMILES string of the molecule is NC1CCC2CN(N)CCC2C1. The lowest BCUT2D eigenvalue weighted by molar-refractivity contribution is 0.0804. The third-order valence-corrected chi connectivity index (χ3v) is 3.44. The quantitative estimate of drug-likeness (QED) is 0.513. The second-order valence-corrected chi connectivity index (χ2v) is 4.38. The fraction of sp³-hybridized carbons (Fsp3) is 1.00. The van der Waals surface area contributed by atoms with Gasteiger partial charge in [0.1, 0.15) is 0 Å². The van der Waals surface area contributed by atoms with Crippen LogP contribution in [0.15, 0.2) is 0 Å². The van der Waals surface area contributed by atoms with E-state index in [1.165, 1.54) is 25.7 Å². The number of fused-ring (bicyclic) bond motifs is 1. The van der Waals surface area contributed by atoms with Gasteiger partial charge in [-0.2, -0.15) is 0 Å². The molecule has 0 aromatic heterocycles. The summed E-state index contributed by atoms with van der Waals surface area (Å²) < 4.78 is 0. The van der Waals surface area contributed by atoms with Crippen LogP contribution in [0.4, 0.5) is 0 Å². The Bertz CT molecular complexity index is 142. The Morgan fingerprint density at radius 1 is 1.08 bits per heavy atom. The van der Waals surface area contributed by atoms with E-state index in [9.17, 15) is 0 Å². The Hall–Kier alpha value is -0.120. The van der Waals surface area contributed by atoms with Crippen molar-refractivity contribution >= 4 is 0 Å². The average molecular weight is 169 g/mol. The third-order valence-electron chi connectivity index (χ3n) is 3.44. The normalized spacial score (nSPS) is 44.0. The molecule has 3 heteroatoms. The summed E-state index contributed by atoms with van der Waals surface area (Å²) in [5.74, 6) is 7.48. The van der Waals surface area contributed by atoms with Crippen molar-refractivity contribution in [2.45, 2.75) is 31.7 Å². The zero-order valence-electron chi connectivity index (χ0n) is 7.58. The van der Waals surface area contributed by atoms with Crippen molar-refractivity contribution in [2.75, 3.05) is 13.1 Å². The first-order valence-corrected chi connectivity index (χ1v) is 5.01. The Labute approximate surface area is 74.1 Å². The molecule has 0 radical (unpaired) electrons. The van der Waals surface area contributed by atoms with E-state index in [4.69, 9.17) is 11.6 Å². The molecule has 0 aromatic rings. The van der Waals surface area contributed by atoms with Gasteiger partial charge in [-0.1, -0.05) is 0 Å². The fourth-order valence-electron chi connectivity index (χ4n) is 2.68. The molecule has 70 valence electrons. The van der Waals surface area contributed by atoms with Gasteiger partial charge in [0, 0.05) is 19.1 Å². The maximum Gasteiger partial charge on any atom is 0.0159 e. The third kappa shape index (κ3) is 1.63.